The summed E-state index contributed by atoms with van der Waals surface area (Å²) in [6, 6.07) is 0. The Morgan fingerprint density at radius 2 is 1.94 bits per heavy atom. The highest BCUT2D eigenvalue weighted by atomic mass is 35.5. The van der Waals surface area contributed by atoms with Crippen LogP contribution in [-0.2, 0) is 9.53 Å². The summed E-state index contributed by atoms with van der Waals surface area (Å²) in [4.78, 5) is 11.8. The topological polar surface area (TPSA) is 64.3 Å². The lowest BCUT2D eigenvalue weighted by molar-refractivity contribution is -0.128. The average Bonchev–Trinajstić information content (AvgIpc) is 2.26. The number of ether oxygens (including phenoxy) is 1. The van der Waals surface area contributed by atoms with Crippen molar-refractivity contribution in [3.05, 3.63) is 0 Å². The summed E-state index contributed by atoms with van der Waals surface area (Å²) in [5, 5.41) is 3.02. The van der Waals surface area contributed by atoms with Crippen molar-refractivity contribution in [1.82, 2.24) is 5.32 Å². The first-order valence-corrected chi connectivity index (χ1v) is 5.56. The van der Waals surface area contributed by atoms with Crippen molar-refractivity contribution in [2.45, 2.75) is 39.2 Å². The summed E-state index contributed by atoms with van der Waals surface area (Å²) in [5.41, 5.74) is 5.45. The van der Waals surface area contributed by atoms with E-state index in [0.29, 0.717) is 13.2 Å². The van der Waals surface area contributed by atoms with Crippen molar-refractivity contribution in [2.75, 3.05) is 20.3 Å². The Kier molecular flexibility index (Phi) is 9.92. The van der Waals surface area contributed by atoms with Gasteiger partial charge in [-0.1, -0.05) is 20.8 Å². The van der Waals surface area contributed by atoms with Gasteiger partial charge in [0.25, 0.3) is 0 Å². The van der Waals surface area contributed by atoms with E-state index in [4.69, 9.17) is 10.5 Å². The van der Waals surface area contributed by atoms with E-state index in [9.17, 15) is 4.79 Å². The van der Waals surface area contributed by atoms with Crippen LogP contribution in [0.5, 0.6) is 0 Å². The minimum absolute atomic E-state index is 0. The number of rotatable bonds is 7. The molecule has 1 atom stereocenters. The zero-order chi connectivity index (χ0) is 11.9. The number of halogens is 1. The molecule has 0 aliphatic carbocycles. The number of amides is 1. The largest absolute Gasteiger partial charge is 0.384 e. The fraction of sp³-hybridized carbons (Fsp3) is 0.909. The van der Waals surface area contributed by atoms with Crippen LogP contribution in [0.2, 0.25) is 0 Å². The minimum Gasteiger partial charge on any atom is -0.384 e. The van der Waals surface area contributed by atoms with Gasteiger partial charge in [-0.15, -0.1) is 12.4 Å². The molecule has 0 saturated carbocycles. The second-order valence-electron chi connectivity index (χ2n) is 4.04. The third kappa shape index (κ3) is 5.14. The van der Waals surface area contributed by atoms with Crippen LogP contribution in [0, 0.1) is 5.92 Å². The van der Waals surface area contributed by atoms with Crippen LogP contribution in [0.3, 0.4) is 0 Å². The predicted octanol–water partition coefficient (Wildman–Crippen LogP) is 1.32. The number of nitrogens with one attached hydrogen (secondary N) is 1. The molecule has 1 unspecified atom stereocenters. The maximum absolute atomic E-state index is 11.8. The van der Waals surface area contributed by atoms with Crippen LogP contribution >= 0.6 is 12.4 Å². The van der Waals surface area contributed by atoms with Gasteiger partial charge in [0, 0.05) is 13.7 Å². The van der Waals surface area contributed by atoms with E-state index in [-0.39, 0.29) is 29.8 Å². The Bertz CT molecular complexity index is 188. The first kappa shape index (κ1) is 18.1. The first-order chi connectivity index (χ1) is 7.05. The highest BCUT2D eigenvalue weighted by Gasteiger charge is 2.28. The standard InChI is InChI=1S/C11H24N2O2.ClH/c1-5-11(6-2,8-12)13-10(14)9(3)7-15-4;/h9H,5-8,12H2,1-4H3,(H,13,14);1H. The lowest BCUT2D eigenvalue weighted by atomic mass is 9.92. The molecule has 0 rings (SSSR count). The fourth-order valence-corrected chi connectivity index (χ4v) is 1.48. The zero-order valence-corrected chi connectivity index (χ0v) is 11.5. The van der Waals surface area contributed by atoms with Gasteiger partial charge in [-0.05, 0) is 12.8 Å². The number of hydrogen-bond donors (Lipinski definition) is 2. The van der Waals surface area contributed by atoms with Crippen molar-refractivity contribution < 1.29 is 9.53 Å². The van der Waals surface area contributed by atoms with Crippen LogP contribution in [-0.4, -0.2) is 31.7 Å². The minimum atomic E-state index is -0.251. The summed E-state index contributed by atoms with van der Waals surface area (Å²) in [6.45, 7) is 6.85. The van der Waals surface area contributed by atoms with Crippen LogP contribution in [0.25, 0.3) is 0 Å². The predicted molar refractivity (Wildman–Crippen MR) is 68.8 cm³/mol. The van der Waals surface area contributed by atoms with Crippen LogP contribution in [0.1, 0.15) is 33.6 Å². The van der Waals surface area contributed by atoms with Crippen molar-refractivity contribution in [1.29, 1.82) is 0 Å². The molecule has 16 heavy (non-hydrogen) atoms. The Labute approximate surface area is 105 Å². The Morgan fingerprint density at radius 3 is 2.25 bits per heavy atom. The number of nitrogens with two attached hydrogens (primary N) is 1. The summed E-state index contributed by atoms with van der Waals surface area (Å²) < 4.78 is 4.95. The highest BCUT2D eigenvalue weighted by molar-refractivity contribution is 5.85. The number of hydrogen-bond acceptors (Lipinski definition) is 3. The van der Waals surface area contributed by atoms with Crippen molar-refractivity contribution >= 4 is 18.3 Å². The van der Waals surface area contributed by atoms with Gasteiger partial charge in [0.1, 0.15) is 0 Å². The van der Waals surface area contributed by atoms with E-state index in [1.807, 2.05) is 20.8 Å². The first-order valence-electron chi connectivity index (χ1n) is 5.56. The smallest absolute Gasteiger partial charge is 0.225 e. The van der Waals surface area contributed by atoms with Crippen LogP contribution < -0.4 is 11.1 Å². The molecule has 0 fully saturated rings. The molecular formula is C11H25ClN2O2. The van der Waals surface area contributed by atoms with E-state index in [1.54, 1.807) is 7.11 Å². The maximum Gasteiger partial charge on any atom is 0.225 e. The molecule has 0 aromatic rings. The summed E-state index contributed by atoms with van der Waals surface area (Å²) in [5.74, 6) is -0.106. The molecule has 98 valence electrons. The fourth-order valence-electron chi connectivity index (χ4n) is 1.48. The van der Waals surface area contributed by atoms with Gasteiger partial charge in [-0.3, -0.25) is 4.79 Å². The van der Waals surface area contributed by atoms with Gasteiger partial charge in [-0.25, -0.2) is 0 Å². The monoisotopic (exact) mass is 252 g/mol. The molecule has 5 heteroatoms. The number of methoxy groups -OCH3 is 1. The third-order valence-corrected chi connectivity index (χ3v) is 3.00. The molecule has 3 N–H and O–H groups in total. The Morgan fingerprint density at radius 1 is 1.44 bits per heavy atom. The van der Waals surface area contributed by atoms with E-state index < -0.39 is 0 Å². The maximum atomic E-state index is 11.8. The van der Waals surface area contributed by atoms with Gasteiger partial charge >= 0.3 is 0 Å². The molecule has 0 aliphatic heterocycles. The van der Waals surface area contributed by atoms with E-state index in [2.05, 4.69) is 5.32 Å². The molecule has 0 radical (unpaired) electrons. The van der Waals surface area contributed by atoms with Gasteiger partial charge in [0.15, 0.2) is 0 Å². The molecule has 0 aliphatic rings. The zero-order valence-electron chi connectivity index (χ0n) is 10.7. The second-order valence-corrected chi connectivity index (χ2v) is 4.04. The summed E-state index contributed by atoms with van der Waals surface area (Å²) >= 11 is 0. The van der Waals surface area contributed by atoms with Crippen LogP contribution in [0.15, 0.2) is 0 Å². The molecule has 0 saturated heterocycles. The normalized spacial score (nSPS) is 12.8. The second kappa shape index (κ2) is 8.79. The molecule has 0 spiro atoms. The quantitative estimate of drug-likeness (QED) is 0.719. The molecule has 0 aromatic heterocycles. The number of carbonyl (C=O) groups excluding carboxylic acids is 1. The lowest BCUT2D eigenvalue weighted by Gasteiger charge is -2.32. The molecule has 1 amide bonds. The van der Waals surface area contributed by atoms with Gasteiger partial charge in [0.05, 0.1) is 18.1 Å². The average molecular weight is 253 g/mol. The molecule has 4 nitrogen and oxygen atoms in total. The Balaban J connectivity index is 0. The van der Waals surface area contributed by atoms with E-state index in [0.717, 1.165) is 12.8 Å². The SMILES string of the molecule is CCC(CC)(CN)NC(=O)C(C)COC.Cl. The molecule has 0 bridgehead atoms. The lowest BCUT2D eigenvalue weighted by Crippen LogP contribution is -2.54. The van der Waals surface area contributed by atoms with Crippen LogP contribution in [0.4, 0.5) is 0 Å². The molecular weight excluding hydrogens is 228 g/mol. The van der Waals surface area contributed by atoms with E-state index in [1.165, 1.54) is 0 Å². The van der Waals surface area contributed by atoms with Gasteiger partial charge < -0.3 is 15.8 Å². The molecule has 0 aromatic carbocycles. The van der Waals surface area contributed by atoms with Gasteiger partial charge in [0.2, 0.25) is 5.91 Å². The highest BCUT2D eigenvalue weighted by Crippen LogP contribution is 2.14. The number of carbonyl (C=O) groups is 1. The Hall–Kier alpha value is -0.320. The van der Waals surface area contributed by atoms with Crippen molar-refractivity contribution in [3.8, 4) is 0 Å². The molecule has 0 heterocycles. The third-order valence-electron chi connectivity index (χ3n) is 3.00. The summed E-state index contributed by atoms with van der Waals surface area (Å²) in [7, 11) is 1.60. The van der Waals surface area contributed by atoms with Gasteiger partial charge in [-0.2, -0.15) is 0 Å². The summed E-state index contributed by atoms with van der Waals surface area (Å²) in [6.07, 6.45) is 1.71. The van der Waals surface area contributed by atoms with E-state index >= 15 is 0 Å². The van der Waals surface area contributed by atoms with Crippen molar-refractivity contribution in [3.63, 3.8) is 0 Å². The van der Waals surface area contributed by atoms with Crippen molar-refractivity contribution in [2.24, 2.45) is 11.7 Å².